The maximum absolute atomic E-state index is 15.1. The first-order chi connectivity index (χ1) is 15.4. The quantitative estimate of drug-likeness (QED) is 0.581. The Morgan fingerprint density at radius 3 is 2.42 bits per heavy atom. The normalized spacial score (nSPS) is 11.4. The molecule has 0 saturated carbocycles. The van der Waals surface area contributed by atoms with E-state index in [-0.39, 0.29) is 38.7 Å². The fourth-order valence-corrected chi connectivity index (χ4v) is 3.98. The third-order valence-electron chi connectivity index (χ3n) is 4.75. The fourth-order valence-electron chi connectivity index (χ4n) is 3.18. The number of carbonyl (C=O) groups excluding carboxylic acids is 2. The third kappa shape index (κ3) is 4.25. The van der Waals surface area contributed by atoms with E-state index >= 15 is 4.39 Å². The Bertz CT molecular complexity index is 1260. The van der Waals surface area contributed by atoms with Crippen LogP contribution in [-0.2, 0) is 10.7 Å². The van der Waals surface area contributed by atoms with Crippen molar-refractivity contribution >= 4 is 23.2 Å². The van der Waals surface area contributed by atoms with Crippen LogP contribution in [0.25, 0.3) is 21.8 Å². The molecule has 0 radical (unpaired) electrons. The van der Waals surface area contributed by atoms with Crippen molar-refractivity contribution < 1.29 is 27.5 Å². The zero-order valence-electron chi connectivity index (χ0n) is 18.4. The first-order valence-corrected chi connectivity index (χ1v) is 10.3. The monoisotopic (exact) mass is 479 g/mol. The number of methoxy groups -OCH3 is 1. The molecular formula is C21H20F3N5O3S. The van der Waals surface area contributed by atoms with E-state index in [0.717, 1.165) is 4.90 Å². The first-order valence-electron chi connectivity index (χ1n) is 9.48. The molecule has 2 N–H and O–H groups in total. The molecule has 2 amide bonds. The van der Waals surface area contributed by atoms with Crippen molar-refractivity contribution in [3.05, 3.63) is 45.8 Å². The molecule has 2 heterocycles. The van der Waals surface area contributed by atoms with Crippen LogP contribution in [0.2, 0.25) is 0 Å². The summed E-state index contributed by atoms with van der Waals surface area (Å²) >= 11 is 0.385. The lowest BCUT2D eigenvalue weighted by atomic mass is 9.94. The second-order valence-corrected chi connectivity index (χ2v) is 8.34. The smallest absolute Gasteiger partial charge is 0.377 e. The molecule has 0 fully saturated rings. The Morgan fingerprint density at radius 2 is 1.85 bits per heavy atom. The topological polar surface area (TPSA) is 111 Å². The van der Waals surface area contributed by atoms with E-state index in [2.05, 4.69) is 15.2 Å². The molecule has 0 spiro atoms. The number of amides is 2. The molecule has 8 nitrogen and oxygen atoms in total. The largest absolute Gasteiger partial charge is 0.496 e. The summed E-state index contributed by atoms with van der Waals surface area (Å²) in [5.74, 6) is -6.91. The number of nitrogens with zero attached hydrogens (tertiary/aromatic N) is 4. The molecule has 0 atom stereocenters. The highest BCUT2D eigenvalue weighted by Gasteiger charge is 2.46. The van der Waals surface area contributed by atoms with Crippen molar-refractivity contribution in [1.29, 1.82) is 0 Å². The maximum atomic E-state index is 15.1. The molecule has 33 heavy (non-hydrogen) atoms. The SMILES string of the molecule is COc1ccc(C)c(F)c1-c1cc(C)nc(-c2nnc(C(F)(F)C(=O)N(C)C)s2)c1C(N)=O. The number of hydrogen-bond acceptors (Lipinski definition) is 7. The van der Waals surface area contributed by atoms with Gasteiger partial charge in [-0.1, -0.05) is 17.4 Å². The van der Waals surface area contributed by atoms with E-state index in [1.807, 2.05) is 0 Å². The minimum absolute atomic E-state index is 0.0316. The predicted octanol–water partition coefficient (Wildman–Crippen LogP) is 3.31. The van der Waals surface area contributed by atoms with E-state index in [9.17, 15) is 18.4 Å². The first kappa shape index (κ1) is 24.1. The number of hydrogen-bond donors (Lipinski definition) is 1. The number of halogens is 3. The van der Waals surface area contributed by atoms with Gasteiger partial charge < -0.3 is 15.4 Å². The summed E-state index contributed by atoms with van der Waals surface area (Å²) in [5, 5.41) is 6.11. The molecule has 3 aromatic rings. The predicted molar refractivity (Wildman–Crippen MR) is 116 cm³/mol. The molecule has 2 aromatic heterocycles. The Labute approximate surface area is 191 Å². The number of rotatable bonds is 6. The minimum Gasteiger partial charge on any atom is -0.496 e. The van der Waals surface area contributed by atoms with Gasteiger partial charge in [0.2, 0.25) is 0 Å². The van der Waals surface area contributed by atoms with Crippen LogP contribution in [0.15, 0.2) is 18.2 Å². The van der Waals surface area contributed by atoms with Gasteiger partial charge in [0.25, 0.3) is 11.8 Å². The Kier molecular flexibility index (Phi) is 6.41. The second kappa shape index (κ2) is 8.77. The lowest BCUT2D eigenvalue weighted by molar-refractivity contribution is -0.156. The number of benzene rings is 1. The van der Waals surface area contributed by atoms with Gasteiger partial charge in [0, 0.05) is 25.4 Å². The number of aromatic nitrogens is 3. The third-order valence-corrected chi connectivity index (χ3v) is 5.75. The number of aryl methyl sites for hydroxylation is 2. The van der Waals surface area contributed by atoms with Gasteiger partial charge in [0.1, 0.15) is 17.3 Å². The van der Waals surface area contributed by atoms with Crippen molar-refractivity contribution in [2.75, 3.05) is 21.2 Å². The van der Waals surface area contributed by atoms with Crippen molar-refractivity contribution in [2.24, 2.45) is 5.73 Å². The number of alkyl halides is 2. The highest BCUT2D eigenvalue weighted by Crippen LogP contribution is 2.41. The average Bonchev–Trinajstić information content (AvgIpc) is 3.25. The van der Waals surface area contributed by atoms with Gasteiger partial charge in [-0.3, -0.25) is 9.59 Å². The molecular weight excluding hydrogens is 459 g/mol. The fraction of sp³-hybridized carbons (Fsp3) is 0.286. The standard InChI is InChI=1S/C21H20F3N5O3S/c1-9-6-7-12(32-5)13(15(9)22)11-8-10(2)26-16(14(11)17(25)30)18-27-28-19(33-18)21(23,24)20(31)29(3)4/h6-8H,1-5H3,(H2,25,30). The molecule has 0 bridgehead atoms. The number of ether oxygens (including phenoxy) is 1. The summed E-state index contributed by atoms with van der Waals surface area (Å²) in [7, 11) is 3.70. The van der Waals surface area contributed by atoms with Crippen molar-refractivity contribution in [2.45, 2.75) is 19.8 Å². The maximum Gasteiger partial charge on any atom is 0.377 e. The Balaban J connectivity index is 2.29. The lowest BCUT2D eigenvalue weighted by Gasteiger charge is -2.17. The van der Waals surface area contributed by atoms with Crippen LogP contribution in [0.3, 0.4) is 0 Å². The molecule has 0 aliphatic rings. The number of carbonyl (C=O) groups is 2. The highest BCUT2D eigenvalue weighted by molar-refractivity contribution is 7.14. The highest BCUT2D eigenvalue weighted by atomic mass is 32.1. The molecule has 3 rings (SSSR count). The Morgan fingerprint density at radius 1 is 1.18 bits per heavy atom. The summed E-state index contributed by atoms with van der Waals surface area (Å²) in [6.07, 6.45) is 0. The molecule has 0 saturated heterocycles. The lowest BCUT2D eigenvalue weighted by Crippen LogP contribution is -2.37. The van der Waals surface area contributed by atoms with Gasteiger partial charge >= 0.3 is 5.92 Å². The Hall–Kier alpha value is -3.54. The number of nitrogens with two attached hydrogens (primary N) is 1. The van der Waals surface area contributed by atoms with E-state index in [1.54, 1.807) is 6.92 Å². The van der Waals surface area contributed by atoms with Crippen LogP contribution in [0.5, 0.6) is 5.75 Å². The van der Waals surface area contributed by atoms with Crippen molar-refractivity contribution in [3.8, 4) is 27.6 Å². The summed E-state index contributed by atoms with van der Waals surface area (Å²) in [6, 6.07) is 4.48. The van der Waals surface area contributed by atoms with Gasteiger partial charge in [-0.05, 0) is 31.5 Å². The zero-order chi connectivity index (χ0) is 24.7. The van der Waals surface area contributed by atoms with Crippen LogP contribution in [-0.4, -0.2) is 53.1 Å². The van der Waals surface area contributed by atoms with Crippen molar-refractivity contribution in [1.82, 2.24) is 20.1 Å². The van der Waals surface area contributed by atoms with Gasteiger partial charge in [-0.25, -0.2) is 9.37 Å². The number of primary amides is 1. The second-order valence-electron chi connectivity index (χ2n) is 7.36. The van der Waals surface area contributed by atoms with Crippen LogP contribution < -0.4 is 10.5 Å². The molecule has 0 aliphatic heterocycles. The van der Waals surface area contributed by atoms with E-state index in [0.29, 0.717) is 17.0 Å². The molecule has 1 aromatic carbocycles. The van der Waals surface area contributed by atoms with Crippen LogP contribution in [0.4, 0.5) is 13.2 Å². The van der Waals surface area contributed by atoms with Crippen LogP contribution in [0.1, 0.15) is 26.6 Å². The zero-order valence-corrected chi connectivity index (χ0v) is 19.2. The average molecular weight is 479 g/mol. The summed E-state index contributed by atoms with van der Waals surface area (Å²) in [4.78, 5) is 29.3. The number of likely N-dealkylation sites (N-methyl/N-ethyl adjacent to an activating group) is 1. The van der Waals surface area contributed by atoms with Gasteiger partial charge in [-0.15, -0.1) is 10.2 Å². The van der Waals surface area contributed by atoms with E-state index in [4.69, 9.17) is 10.5 Å². The molecule has 174 valence electrons. The minimum atomic E-state index is -3.94. The molecule has 0 unspecified atom stereocenters. The summed E-state index contributed by atoms with van der Waals surface area (Å²) in [6.45, 7) is 3.11. The van der Waals surface area contributed by atoms with Gasteiger partial charge in [0.05, 0.1) is 18.2 Å². The van der Waals surface area contributed by atoms with E-state index < -0.39 is 28.6 Å². The van der Waals surface area contributed by atoms with Crippen LogP contribution >= 0.6 is 11.3 Å². The number of pyridine rings is 1. The van der Waals surface area contributed by atoms with E-state index in [1.165, 1.54) is 46.3 Å². The summed E-state index contributed by atoms with van der Waals surface area (Å²) < 4.78 is 49.5. The summed E-state index contributed by atoms with van der Waals surface area (Å²) in [5.41, 5.74) is 5.87. The molecule has 0 aliphatic carbocycles. The molecule has 12 heteroatoms. The van der Waals surface area contributed by atoms with Gasteiger partial charge in [-0.2, -0.15) is 8.78 Å². The van der Waals surface area contributed by atoms with Crippen molar-refractivity contribution in [3.63, 3.8) is 0 Å². The van der Waals surface area contributed by atoms with Crippen LogP contribution in [0, 0.1) is 19.7 Å². The van der Waals surface area contributed by atoms with Gasteiger partial charge in [0.15, 0.2) is 10.0 Å².